The zero-order chi connectivity index (χ0) is 3.41. The first kappa shape index (κ1) is 15.6. The van der Waals surface area contributed by atoms with Gasteiger partial charge in [-0.05, 0) is 0 Å². The summed E-state index contributed by atoms with van der Waals surface area (Å²) in [7, 11) is 0. The van der Waals surface area contributed by atoms with Crippen LogP contribution >= 0.6 is 0 Å². The molecule has 0 aliphatic heterocycles. The first-order chi connectivity index (χ1) is 1.91. The Kier molecular flexibility index (Phi) is 41.9. The molecule has 6 heavy (non-hydrogen) atoms. The summed E-state index contributed by atoms with van der Waals surface area (Å²) in [6.45, 7) is 1.82. The fourth-order valence-corrected chi connectivity index (χ4v) is 0. The van der Waals surface area contributed by atoms with E-state index in [4.69, 9.17) is 5.26 Å². The van der Waals surface area contributed by atoms with Crippen LogP contribution in [0.2, 0.25) is 0 Å². The summed E-state index contributed by atoms with van der Waals surface area (Å²) in [6.07, 6.45) is 0.625. The Morgan fingerprint density at radius 1 is 1.50 bits per heavy atom. The molecule has 0 fully saturated rings. The molecule has 0 spiro atoms. The number of hydrogen-bond donors (Lipinski definition) is 0. The number of nitriles is 1. The summed E-state index contributed by atoms with van der Waals surface area (Å²) in [4.78, 5) is 0. The summed E-state index contributed by atoms with van der Waals surface area (Å²) in [5.74, 6) is 0. The summed E-state index contributed by atoms with van der Waals surface area (Å²) >= 11 is 0. The van der Waals surface area contributed by atoms with E-state index in [-0.39, 0.29) is 59.1 Å². The van der Waals surface area contributed by atoms with Gasteiger partial charge in [0.15, 0.2) is 0 Å². The maximum absolute atomic E-state index is 7.62. The molecule has 0 saturated heterocycles. The normalized spacial score (nSPS) is 3.33. The van der Waals surface area contributed by atoms with Gasteiger partial charge < -0.3 is 0 Å². The van der Waals surface area contributed by atoms with Crippen molar-refractivity contribution >= 4 is 59.1 Å². The maximum atomic E-state index is 7.62. The predicted octanol–water partition coefficient (Wildman–Crippen LogP) is -0.377. The Labute approximate surface area is 82.7 Å². The van der Waals surface area contributed by atoms with Crippen LogP contribution in [-0.4, -0.2) is 59.1 Å². The number of hydrogen-bond acceptors (Lipinski definition) is 1. The van der Waals surface area contributed by atoms with Crippen molar-refractivity contribution in [1.82, 2.24) is 0 Å². The average Bonchev–Trinajstić information content (AvgIpc) is 1.37. The summed E-state index contributed by atoms with van der Waals surface area (Å²) in [5, 5.41) is 7.62. The molecule has 0 N–H and O–H groups in total. The van der Waals surface area contributed by atoms with Gasteiger partial charge in [-0.2, -0.15) is 5.26 Å². The summed E-state index contributed by atoms with van der Waals surface area (Å²) in [6, 6.07) is 1.93. The van der Waals surface area contributed by atoms with E-state index in [9.17, 15) is 0 Å². The van der Waals surface area contributed by atoms with Crippen molar-refractivity contribution in [2.24, 2.45) is 0 Å². The van der Waals surface area contributed by atoms with Crippen LogP contribution in [-0.2, 0) is 0 Å². The van der Waals surface area contributed by atoms with Gasteiger partial charge in [0, 0.05) is 6.42 Å². The molecule has 0 bridgehead atoms. The van der Waals surface area contributed by atoms with Gasteiger partial charge in [0.2, 0.25) is 0 Å². The molecule has 0 heterocycles. The van der Waals surface area contributed by atoms with Gasteiger partial charge in [0.25, 0.3) is 0 Å². The van der Waals surface area contributed by atoms with Gasteiger partial charge in [-0.1, -0.05) is 6.92 Å². The third-order valence-electron chi connectivity index (χ3n) is 0.158. The van der Waals surface area contributed by atoms with Gasteiger partial charge in [-0.3, -0.25) is 0 Å². The summed E-state index contributed by atoms with van der Waals surface area (Å²) in [5.41, 5.74) is 0. The van der Waals surface area contributed by atoms with Crippen LogP contribution in [0.25, 0.3) is 0 Å². The average molecular weight is 103 g/mol. The van der Waals surface area contributed by atoms with Crippen molar-refractivity contribution < 1.29 is 0 Å². The van der Waals surface area contributed by atoms with Crippen LogP contribution in [0.5, 0.6) is 0 Å². The van der Waals surface area contributed by atoms with E-state index in [1.54, 1.807) is 0 Å². The van der Waals surface area contributed by atoms with Crippen molar-refractivity contribution in [3.8, 4) is 6.07 Å². The van der Waals surface area contributed by atoms with Crippen LogP contribution in [0.4, 0.5) is 0 Å². The van der Waals surface area contributed by atoms with Gasteiger partial charge in [0.05, 0.1) is 6.07 Å². The molecule has 0 amide bonds. The SMILES string of the molecule is CCC#N.[NaH].[NaH]. The second kappa shape index (κ2) is 16.1. The molecule has 0 unspecified atom stereocenters. The minimum atomic E-state index is 0. The van der Waals surface area contributed by atoms with Gasteiger partial charge >= 0.3 is 59.1 Å². The molecular weight excluding hydrogens is 96.0 g/mol. The molecule has 0 aliphatic carbocycles. The predicted molar refractivity (Wildman–Crippen MR) is 30.2 cm³/mol. The molecular formula is C3H7NNa2. The Bertz CT molecular complexity index is 38.5. The minimum absolute atomic E-state index is 0. The van der Waals surface area contributed by atoms with Crippen LogP contribution in [0, 0.1) is 11.3 Å². The van der Waals surface area contributed by atoms with Gasteiger partial charge in [-0.25, -0.2) is 0 Å². The molecule has 0 rings (SSSR count). The Morgan fingerprint density at radius 2 is 1.67 bits per heavy atom. The summed E-state index contributed by atoms with van der Waals surface area (Å²) < 4.78 is 0. The molecule has 0 radical (unpaired) electrons. The fourth-order valence-electron chi connectivity index (χ4n) is 0. The van der Waals surface area contributed by atoms with Gasteiger partial charge in [0.1, 0.15) is 0 Å². The zero-order valence-electron chi connectivity index (χ0n) is 2.65. The molecule has 26 valence electrons. The van der Waals surface area contributed by atoms with Crippen LogP contribution in [0.1, 0.15) is 13.3 Å². The molecule has 0 aromatic rings. The molecule has 0 aromatic carbocycles. The molecule has 1 nitrogen and oxygen atoms in total. The third-order valence-corrected chi connectivity index (χ3v) is 0.158. The number of rotatable bonds is 0. The molecule has 0 atom stereocenters. The van der Waals surface area contributed by atoms with Crippen LogP contribution < -0.4 is 0 Å². The fraction of sp³-hybridized carbons (Fsp3) is 0.667. The quantitative estimate of drug-likeness (QED) is 0.383. The van der Waals surface area contributed by atoms with Crippen molar-refractivity contribution in [3.63, 3.8) is 0 Å². The first-order valence-electron chi connectivity index (χ1n) is 1.28. The Balaban J connectivity index is -0.0000000450. The second-order valence-electron chi connectivity index (χ2n) is 0.512. The van der Waals surface area contributed by atoms with Crippen LogP contribution in [0.3, 0.4) is 0 Å². The van der Waals surface area contributed by atoms with E-state index in [1.165, 1.54) is 0 Å². The van der Waals surface area contributed by atoms with E-state index >= 15 is 0 Å². The van der Waals surface area contributed by atoms with E-state index in [0.717, 1.165) is 0 Å². The van der Waals surface area contributed by atoms with Crippen molar-refractivity contribution in [1.29, 1.82) is 5.26 Å². The van der Waals surface area contributed by atoms with E-state index in [2.05, 4.69) is 0 Å². The van der Waals surface area contributed by atoms with Crippen molar-refractivity contribution in [2.45, 2.75) is 13.3 Å². The van der Waals surface area contributed by atoms with E-state index in [1.807, 2.05) is 13.0 Å². The number of nitrogens with zero attached hydrogens (tertiary/aromatic N) is 1. The second-order valence-corrected chi connectivity index (χ2v) is 0.512. The standard InChI is InChI=1S/C3H5N.2Na.2H/c1-2-3-4;;;;/h2H2,1H3;;;;. The van der Waals surface area contributed by atoms with Crippen molar-refractivity contribution in [2.75, 3.05) is 0 Å². The van der Waals surface area contributed by atoms with Crippen molar-refractivity contribution in [3.05, 3.63) is 0 Å². The first-order valence-corrected chi connectivity index (χ1v) is 1.28. The Morgan fingerprint density at radius 3 is 1.67 bits per heavy atom. The van der Waals surface area contributed by atoms with E-state index < -0.39 is 0 Å². The topological polar surface area (TPSA) is 23.8 Å². The third kappa shape index (κ3) is 17.9. The molecule has 0 aliphatic rings. The molecule has 0 saturated carbocycles. The van der Waals surface area contributed by atoms with Gasteiger partial charge in [-0.15, -0.1) is 0 Å². The molecule has 3 heteroatoms. The zero-order valence-corrected chi connectivity index (χ0v) is 2.65. The molecule has 0 aromatic heterocycles. The Hall–Kier alpha value is 1.49. The van der Waals surface area contributed by atoms with E-state index in [0.29, 0.717) is 6.42 Å². The monoisotopic (exact) mass is 103 g/mol. The van der Waals surface area contributed by atoms with Crippen LogP contribution in [0.15, 0.2) is 0 Å².